The first-order valence-corrected chi connectivity index (χ1v) is 11.7. The number of thioether (sulfide) groups is 1. The van der Waals surface area contributed by atoms with E-state index < -0.39 is 23.9 Å². The summed E-state index contributed by atoms with van der Waals surface area (Å²) in [5.74, 6) is -2.51. The van der Waals surface area contributed by atoms with Crippen molar-refractivity contribution in [2.45, 2.75) is 56.7 Å². The lowest BCUT2D eigenvalue weighted by atomic mass is 9.79. The third kappa shape index (κ3) is 4.51. The number of aliphatic hydroxyl groups is 1. The van der Waals surface area contributed by atoms with Crippen LogP contribution in [0.1, 0.15) is 37.2 Å². The fourth-order valence-electron chi connectivity index (χ4n) is 5.18. The van der Waals surface area contributed by atoms with Crippen LogP contribution in [0.15, 0.2) is 23.1 Å². The highest BCUT2D eigenvalue weighted by Crippen LogP contribution is 2.51. The Kier molecular flexibility index (Phi) is 7.47. The number of carboxylic acids is 1. The van der Waals surface area contributed by atoms with Crippen molar-refractivity contribution in [1.29, 1.82) is 0 Å². The zero-order valence-electron chi connectivity index (χ0n) is 18.8. The van der Waals surface area contributed by atoms with Crippen molar-refractivity contribution in [1.82, 2.24) is 14.8 Å². The predicted octanol–water partition coefficient (Wildman–Crippen LogP) is -3.58. The van der Waals surface area contributed by atoms with Gasteiger partial charge in [0, 0.05) is 35.1 Å². The van der Waals surface area contributed by atoms with Crippen molar-refractivity contribution in [3.05, 3.63) is 28.8 Å². The number of fused-ring (bicyclic) bond motifs is 1. The van der Waals surface area contributed by atoms with Crippen LogP contribution >= 0.6 is 11.8 Å². The van der Waals surface area contributed by atoms with Gasteiger partial charge in [0.1, 0.15) is 11.9 Å². The van der Waals surface area contributed by atoms with Gasteiger partial charge in [-0.2, -0.15) is 0 Å². The predicted molar refractivity (Wildman–Crippen MR) is 116 cm³/mol. The second-order valence-corrected chi connectivity index (χ2v) is 10.3. The summed E-state index contributed by atoms with van der Waals surface area (Å²) in [6, 6.07) is -0.0121. The first-order chi connectivity index (χ1) is 15.1. The van der Waals surface area contributed by atoms with Crippen molar-refractivity contribution in [2.75, 3.05) is 6.54 Å². The minimum atomic E-state index is -1.09. The zero-order chi connectivity index (χ0) is 23.3. The molecule has 3 aliphatic rings. The standard InChI is InChI=1S/C21H29N5O5S.ClH/c1-10-16-15(11(2)27)20(29)26(16)17(21(30)31)18(10)32-13-6-12(23-7-13)4-5-25-8-14(19(22)28)24(3)9-25;/h8-13,15-16,23,27H,4-7H2,1-3H3,(H2-,22,28,30,31);1H/t10-,11-,12-,13+,15-,16-;/m1./s1. The Bertz CT molecular complexity index is 996. The minimum Gasteiger partial charge on any atom is -1.00 e. The van der Waals surface area contributed by atoms with Crippen molar-refractivity contribution in [3.8, 4) is 0 Å². The van der Waals surface area contributed by atoms with E-state index in [2.05, 4.69) is 5.32 Å². The normalized spacial score (nSPS) is 29.5. The summed E-state index contributed by atoms with van der Waals surface area (Å²) in [4.78, 5) is 38.0. The summed E-state index contributed by atoms with van der Waals surface area (Å²) < 4.78 is 3.65. The molecule has 4 heterocycles. The summed E-state index contributed by atoms with van der Waals surface area (Å²) in [6.07, 6.45) is 4.52. The second-order valence-electron chi connectivity index (χ2n) is 8.98. The molecule has 0 spiro atoms. The molecule has 33 heavy (non-hydrogen) atoms. The van der Waals surface area contributed by atoms with Gasteiger partial charge in [-0.1, -0.05) is 6.92 Å². The maximum Gasteiger partial charge on any atom is 0.353 e. The monoisotopic (exact) mass is 499 g/mol. The largest absolute Gasteiger partial charge is 1.00 e. The number of aliphatic hydroxyl groups excluding tert-OH is 1. The fourth-order valence-corrected chi connectivity index (χ4v) is 6.70. The number of aryl methyl sites for hydroxylation is 2. The lowest BCUT2D eigenvalue weighted by Crippen LogP contribution is -3.00. The highest BCUT2D eigenvalue weighted by Gasteiger charge is 2.60. The van der Waals surface area contributed by atoms with Crippen LogP contribution in [-0.2, 0) is 23.2 Å². The summed E-state index contributed by atoms with van der Waals surface area (Å²) >= 11 is 1.55. The average molecular weight is 500 g/mol. The Balaban J connectivity index is 0.00000306. The molecule has 5 N–H and O–H groups in total. The first kappa shape index (κ1) is 25.5. The third-order valence-electron chi connectivity index (χ3n) is 6.76. The fraction of sp³-hybridized carbons (Fsp3) is 0.619. The molecular weight excluding hydrogens is 470 g/mol. The van der Waals surface area contributed by atoms with E-state index in [1.807, 2.05) is 17.8 Å². The number of aliphatic carboxylic acids is 1. The van der Waals surface area contributed by atoms with E-state index in [0.29, 0.717) is 5.69 Å². The highest BCUT2D eigenvalue weighted by atomic mass is 35.5. The van der Waals surface area contributed by atoms with E-state index in [9.17, 15) is 24.6 Å². The number of β-lactam (4-membered cyclic amide) rings is 1. The van der Waals surface area contributed by atoms with Crippen LogP contribution in [-0.4, -0.2) is 67.4 Å². The third-order valence-corrected chi connectivity index (χ3v) is 8.28. The van der Waals surface area contributed by atoms with Crippen LogP contribution in [0.2, 0.25) is 0 Å². The first-order valence-electron chi connectivity index (χ1n) is 10.8. The number of primary amides is 1. The summed E-state index contributed by atoms with van der Waals surface area (Å²) in [6.45, 7) is 5.01. The molecule has 0 saturated carbocycles. The number of amides is 2. The number of hydrogen-bond acceptors (Lipinski definition) is 6. The maximum absolute atomic E-state index is 12.5. The van der Waals surface area contributed by atoms with Crippen LogP contribution in [0.3, 0.4) is 0 Å². The summed E-state index contributed by atoms with van der Waals surface area (Å²) in [5.41, 5.74) is 5.91. The van der Waals surface area contributed by atoms with E-state index in [1.54, 1.807) is 36.5 Å². The van der Waals surface area contributed by atoms with Gasteiger partial charge in [-0.25, -0.2) is 13.9 Å². The van der Waals surface area contributed by atoms with Crippen molar-refractivity contribution in [2.24, 2.45) is 24.6 Å². The molecule has 1 aromatic heterocycles. The number of halogens is 1. The number of carboxylic acid groups (broad SMARTS) is 1. The number of nitrogens with zero attached hydrogens (tertiary/aromatic N) is 3. The number of rotatable bonds is 8. The van der Waals surface area contributed by atoms with E-state index in [1.165, 1.54) is 4.90 Å². The minimum absolute atomic E-state index is 0. The number of aromatic nitrogens is 2. The molecule has 4 rings (SSSR count). The molecule has 2 amide bonds. The summed E-state index contributed by atoms with van der Waals surface area (Å²) in [5, 5.41) is 23.5. The van der Waals surface area contributed by atoms with Crippen LogP contribution < -0.4 is 28.0 Å². The van der Waals surface area contributed by atoms with Gasteiger partial charge in [0.05, 0.1) is 31.7 Å². The van der Waals surface area contributed by atoms with Crippen molar-refractivity contribution in [3.63, 3.8) is 0 Å². The molecule has 10 nitrogen and oxygen atoms in total. The molecule has 2 saturated heterocycles. The highest BCUT2D eigenvalue weighted by molar-refractivity contribution is 8.03. The number of hydrogen-bond donors (Lipinski definition) is 4. The molecule has 1 aromatic rings. The van der Waals surface area contributed by atoms with Gasteiger partial charge in [0.25, 0.3) is 5.91 Å². The second kappa shape index (κ2) is 9.65. The van der Waals surface area contributed by atoms with Crippen LogP contribution in [0.25, 0.3) is 0 Å². The van der Waals surface area contributed by atoms with Gasteiger partial charge >= 0.3 is 5.97 Å². The van der Waals surface area contributed by atoms with Crippen molar-refractivity contribution >= 4 is 29.5 Å². The average Bonchev–Trinajstić information content (AvgIpc) is 3.37. The Morgan fingerprint density at radius 2 is 2.12 bits per heavy atom. The van der Waals surface area contributed by atoms with Gasteiger partial charge in [0.2, 0.25) is 17.9 Å². The lowest BCUT2D eigenvalue weighted by Gasteiger charge is -2.46. The van der Waals surface area contributed by atoms with Crippen LogP contribution in [0, 0.1) is 11.8 Å². The van der Waals surface area contributed by atoms with Gasteiger partial charge in [-0.15, -0.1) is 11.8 Å². The van der Waals surface area contributed by atoms with E-state index >= 15 is 0 Å². The van der Waals surface area contributed by atoms with Gasteiger partial charge < -0.3 is 38.6 Å². The topological polar surface area (TPSA) is 142 Å². The summed E-state index contributed by atoms with van der Waals surface area (Å²) in [7, 11) is 1.78. The number of imidazole rings is 1. The number of carbonyl (C=O) groups excluding carboxylic acids is 2. The zero-order valence-corrected chi connectivity index (χ0v) is 20.3. The smallest absolute Gasteiger partial charge is 0.353 e. The Hall–Kier alpha value is -2.08. The number of carbonyl (C=O) groups is 3. The van der Waals surface area contributed by atoms with Gasteiger partial charge in [-0.3, -0.25) is 9.59 Å². The van der Waals surface area contributed by atoms with Gasteiger partial charge in [0.15, 0.2) is 0 Å². The molecule has 0 unspecified atom stereocenters. The molecule has 182 valence electrons. The SMILES string of the molecule is C[C@@H](O)[C@H]1C(=O)N2C(C(=O)O)=C(S[C@@H]3CN[C@H](CC[n+]4cc(C(N)=O)n(C)c4)C3)[C@H](C)[C@H]12.[Cl-]. The number of nitrogens with two attached hydrogens (primary N) is 1. The molecule has 0 aromatic carbocycles. The van der Waals surface area contributed by atoms with Crippen LogP contribution in [0.5, 0.6) is 0 Å². The van der Waals surface area contributed by atoms with E-state index in [0.717, 1.165) is 30.8 Å². The van der Waals surface area contributed by atoms with E-state index in [-0.39, 0.29) is 47.3 Å². The Labute approximate surface area is 202 Å². The Morgan fingerprint density at radius 3 is 2.70 bits per heavy atom. The van der Waals surface area contributed by atoms with Crippen LogP contribution in [0.4, 0.5) is 0 Å². The molecule has 3 aliphatic heterocycles. The molecule has 0 aliphatic carbocycles. The maximum atomic E-state index is 12.5. The molecule has 6 atom stereocenters. The number of nitrogens with one attached hydrogen (secondary N) is 1. The van der Waals surface area contributed by atoms with Crippen molar-refractivity contribution < 1.29 is 41.6 Å². The molecule has 12 heteroatoms. The molecule has 2 fully saturated rings. The lowest BCUT2D eigenvalue weighted by molar-refractivity contribution is -0.697. The van der Waals surface area contributed by atoms with Gasteiger partial charge in [-0.05, 0) is 13.3 Å². The Morgan fingerprint density at radius 1 is 1.42 bits per heavy atom. The molecule has 0 radical (unpaired) electrons. The van der Waals surface area contributed by atoms with E-state index in [4.69, 9.17) is 5.73 Å². The molecular formula is C21H30ClN5O5S. The molecule has 0 bridgehead atoms. The quantitative estimate of drug-likeness (QED) is 0.214.